The molecule has 1 aromatic heterocycles. The third kappa shape index (κ3) is 5.36. The summed E-state index contributed by atoms with van der Waals surface area (Å²) in [5.74, 6) is 1.70. The second-order valence-corrected chi connectivity index (χ2v) is 20.6. The van der Waals surface area contributed by atoms with Crippen molar-refractivity contribution in [1.29, 1.82) is 0 Å². The zero-order valence-electron chi connectivity index (χ0n) is 33.4. The maximum absolute atomic E-state index is 16.1. The van der Waals surface area contributed by atoms with Crippen molar-refractivity contribution in [2.75, 3.05) is 4.90 Å². The highest BCUT2D eigenvalue weighted by Gasteiger charge is 2.43. The highest BCUT2D eigenvalue weighted by molar-refractivity contribution is 7.86. The van der Waals surface area contributed by atoms with Gasteiger partial charge in [0.05, 0.1) is 11.4 Å². The molecule has 8 aromatic carbocycles. The molecule has 0 atom stereocenters. The van der Waals surface area contributed by atoms with Crippen LogP contribution in [-0.2, 0) is 15.4 Å². The Hall–Kier alpha value is -6.19. The molecule has 11 rings (SSSR count). The molecule has 0 bridgehead atoms. The lowest BCUT2D eigenvalue weighted by molar-refractivity contribution is 0.477. The van der Waals surface area contributed by atoms with Gasteiger partial charge in [0.2, 0.25) is 0 Å². The smallest absolute Gasteiger partial charge is 0.172 e. The highest BCUT2D eigenvalue weighted by atomic mass is 32.1. The molecule has 2 aliphatic rings. The Bertz CT molecular complexity index is 3090. The zero-order chi connectivity index (χ0) is 40.1. The van der Waals surface area contributed by atoms with Crippen LogP contribution in [0.3, 0.4) is 0 Å². The van der Waals surface area contributed by atoms with Gasteiger partial charge in [-0.3, -0.25) is 0 Å². The number of anilines is 3. The summed E-state index contributed by atoms with van der Waals surface area (Å²) in [5.41, 5.74) is 10.1. The summed E-state index contributed by atoms with van der Waals surface area (Å²) in [7, 11) is -3.30. The molecule has 5 heteroatoms. The van der Waals surface area contributed by atoms with Gasteiger partial charge in [-0.1, -0.05) is 149 Å². The van der Waals surface area contributed by atoms with Crippen LogP contribution in [-0.4, -0.2) is 0 Å². The number of rotatable bonds is 5. The molecule has 3 nitrogen and oxygen atoms in total. The minimum Gasteiger partial charge on any atom is -0.453 e. The van der Waals surface area contributed by atoms with Crippen LogP contribution in [0.4, 0.5) is 17.1 Å². The van der Waals surface area contributed by atoms with Gasteiger partial charge in [-0.15, -0.1) is 11.3 Å². The normalized spacial score (nSPS) is 14.9. The van der Waals surface area contributed by atoms with Crippen molar-refractivity contribution in [1.82, 2.24) is 0 Å². The number of fused-ring (bicyclic) bond motifs is 7. The van der Waals surface area contributed by atoms with E-state index < -0.39 is 7.14 Å². The van der Waals surface area contributed by atoms with Crippen molar-refractivity contribution in [3.8, 4) is 22.6 Å². The monoisotopic (exact) mass is 799 g/mol. The van der Waals surface area contributed by atoms with Crippen LogP contribution < -0.4 is 25.6 Å². The SMILES string of the molecule is CC1(C)c2ccc(N3c4ccccc4Oc4ccccc43)cc2C(C)(C)c2ccc(-c3cc(P(=O)(c4ccccc4)c4ccccc4)c4sc5ccccc5c4c3)cc21. The van der Waals surface area contributed by atoms with Crippen LogP contribution >= 0.6 is 18.5 Å². The first-order chi connectivity index (χ1) is 28.6. The predicted molar refractivity (Wildman–Crippen MR) is 250 cm³/mol. The molecular formula is C54H42NO2PS. The van der Waals surface area contributed by atoms with Crippen LogP contribution in [0.1, 0.15) is 49.9 Å². The largest absolute Gasteiger partial charge is 0.453 e. The van der Waals surface area contributed by atoms with Gasteiger partial charge in [-0.2, -0.15) is 0 Å². The summed E-state index contributed by atoms with van der Waals surface area (Å²) in [6.07, 6.45) is 0. The van der Waals surface area contributed by atoms with E-state index in [1.54, 1.807) is 11.3 Å². The van der Waals surface area contributed by atoms with E-state index in [4.69, 9.17) is 4.74 Å². The van der Waals surface area contributed by atoms with E-state index in [1.165, 1.54) is 32.3 Å². The summed E-state index contributed by atoms with van der Waals surface area (Å²) in [6, 6.07) is 63.9. The second-order valence-electron chi connectivity index (χ2n) is 16.9. The van der Waals surface area contributed by atoms with Crippen molar-refractivity contribution < 1.29 is 9.30 Å². The molecule has 0 N–H and O–H groups in total. The van der Waals surface area contributed by atoms with Crippen molar-refractivity contribution in [2.45, 2.75) is 38.5 Å². The van der Waals surface area contributed by atoms with E-state index in [2.05, 4.69) is 130 Å². The quantitative estimate of drug-likeness (QED) is 0.162. The molecule has 0 saturated carbocycles. The number of hydrogen-bond acceptors (Lipinski definition) is 4. The van der Waals surface area contributed by atoms with Gasteiger partial charge in [0.25, 0.3) is 0 Å². The number of ether oxygens (including phenoxy) is 1. The van der Waals surface area contributed by atoms with Gasteiger partial charge in [0, 0.05) is 52.6 Å². The molecule has 0 amide bonds. The lowest BCUT2D eigenvalue weighted by atomic mass is 9.59. The van der Waals surface area contributed by atoms with Gasteiger partial charge in [0.1, 0.15) is 0 Å². The maximum Gasteiger partial charge on any atom is 0.172 e. The number of nitrogens with zero attached hydrogens (tertiary/aromatic N) is 1. The molecule has 0 fully saturated rings. The summed E-state index contributed by atoms with van der Waals surface area (Å²) in [5, 5.41) is 4.92. The topological polar surface area (TPSA) is 29.5 Å². The van der Waals surface area contributed by atoms with Crippen molar-refractivity contribution >= 4 is 71.6 Å². The maximum atomic E-state index is 16.1. The summed E-state index contributed by atoms with van der Waals surface area (Å²) in [6.45, 7) is 9.45. The number of benzene rings is 8. The third-order valence-electron chi connectivity index (χ3n) is 12.8. The standard InChI is InChI=1S/C54H42NO2PS/c1-53(2)43-30-28-37(55-46-22-12-14-24-48(46)57-49-25-15-13-23-47(49)55)34-45(43)54(3,4)42-29-27-35(32-44(42)53)36-31-41-40-21-11-16-26-51(40)59-52(41)50(33-36)58(56,38-17-7-5-8-18-38)39-19-9-6-10-20-39/h5-34H,1-4H3. The lowest BCUT2D eigenvalue weighted by Gasteiger charge is -2.45. The molecule has 1 aliphatic carbocycles. The van der Waals surface area contributed by atoms with Crippen LogP contribution in [0.5, 0.6) is 11.5 Å². The van der Waals surface area contributed by atoms with E-state index >= 15 is 4.57 Å². The van der Waals surface area contributed by atoms with Crippen molar-refractivity contribution in [3.05, 3.63) is 204 Å². The lowest BCUT2D eigenvalue weighted by Crippen LogP contribution is -2.36. The van der Waals surface area contributed by atoms with E-state index in [-0.39, 0.29) is 10.8 Å². The van der Waals surface area contributed by atoms with Crippen LogP contribution in [0.15, 0.2) is 182 Å². The first-order valence-electron chi connectivity index (χ1n) is 20.3. The van der Waals surface area contributed by atoms with Crippen molar-refractivity contribution in [3.63, 3.8) is 0 Å². The van der Waals surface area contributed by atoms with Crippen LogP contribution in [0.2, 0.25) is 0 Å². The summed E-state index contributed by atoms with van der Waals surface area (Å²) >= 11 is 1.74. The van der Waals surface area contributed by atoms with Gasteiger partial charge in [-0.05, 0) is 94.0 Å². The minimum atomic E-state index is -3.30. The van der Waals surface area contributed by atoms with Crippen LogP contribution in [0.25, 0.3) is 31.3 Å². The third-order valence-corrected chi connectivity index (χ3v) is 17.2. The Kier molecular flexibility index (Phi) is 8.02. The number of thiophene rings is 1. The van der Waals surface area contributed by atoms with E-state index in [9.17, 15) is 0 Å². The molecule has 59 heavy (non-hydrogen) atoms. The summed E-state index contributed by atoms with van der Waals surface area (Å²) < 4.78 is 24.8. The molecule has 0 saturated heterocycles. The molecule has 2 heterocycles. The second kappa shape index (κ2) is 13.2. The molecule has 0 radical (unpaired) electrons. The first kappa shape index (κ1) is 35.9. The van der Waals surface area contributed by atoms with E-state index in [0.29, 0.717) is 0 Å². The highest BCUT2D eigenvalue weighted by Crippen LogP contribution is 2.55. The van der Waals surface area contributed by atoms with Crippen LogP contribution in [0, 0.1) is 0 Å². The van der Waals surface area contributed by atoms with Gasteiger partial charge >= 0.3 is 0 Å². The molecule has 0 spiro atoms. The van der Waals surface area contributed by atoms with E-state index in [0.717, 1.165) is 65.7 Å². The Morgan fingerprint density at radius 1 is 0.492 bits per heavy atom. The summed E-state index contributed by atoms with van der Waals surface area (Å²) in [4.78, 5) is 2.33. The Labute approximate surface area is 349 Å². The predicted octanol–water partition coefficient (Wildman–Crippen LogP) is 13.9. The fourth-order valence-electron chi connectivity index (χ4n) is 9.70. The Morgan fingerprint density at radius 3 is 1.68 bits per heavy atom. The molecule has 9 aromatic rings. The molecule has 1 aliphatic heterocycles. The number of hydrogen-bond donors (Lipinski definition) is 0. The average molecular weight is 800 g/mol. The fourth-order valence-corrected chi connectivity index (χ4v) is 14.1. The fraction of sp³-hybridized carbons (Fsp3) is 0.111. The molecule has 286 valence electrons. The average Bonchev–Trinajstić information content (AvgIpc) is 3.66. The van der Waals surface area contributed by atoms with Gasteiger partial charge in [0.15, 0.2) is 18.6 Å². The van der Waals surface area contributed by atoms with Gasteiger partial charge < -0.3 is 14.2 Å². The molecular weight excluding hydrogens is 758 g/mol. The number of para-hydroxylation sites is 4. The van der Waals surface area contributed by atoms with Crippen molar-refractivity contribution in [2.24, 2.45) is 0 Å². The first-order valence-corrected chi connectivity index (χ1v) is 22.8. The van der Waals surface area contributed by atoms with Gasteiger partial charge in [-0.25, -0.2) is 0 Å². The Balaban J connectivity index is 1.09. The minimum absolute atomic E-state index is 0.283. The molecule has 0 unspecified atom stereocenters. The van der Waals surface area contributed by atoms with E-state index in [1.807, 2.05) is 84.9 Å². The zero-order valence-corrected chi connectivity index (χ0v) is 35.2. The Morgan fingerprint density at radius 2 is 1.03 bits per heavy atom.